The smallest absolute Gasteiger partial charge is 0.190 e. The fourth-order valence-electron chi connectivity index (χ4n) is 2.68. The van der Waals surface area contributed by atoms with Gasteiger partial charge in [-0.1, -0.05) is 0 Å². The molecule has 0 aliphatic carbocycles. The van der Waals surface area contributed by atoms with E-state index >= 15 is 0 Å². The van der Waals surface area contributed by atoms with Crippen LogP contribution in [0.25, 0.3) is 0 Å². The Morgan fingerprint density at radius 3 is 2.30 bits per heavy atom. The van der Waals surface area contributed by atoms with Gasteiger partial charge in [0.25, 0.3) is 0 Å². The first-order valence-corrected chi connectivity index (χ1v) is 8.72. The lowest BCUT2D eigenvalue weighted by Crippen LogP contribution is -2.41. The summed E-state index contributed by atoms with van der Waals surface area (Å²) in [5.41, 5.74) is 0. The van der Waals surface area contributed by atoms with Gasteiger partial charge in [-0.15, -0.1) is 0 Å². The second kappa shape index (κ2) is 11.0. The highest BCUT2D eigenvalue weighted by Gasteiger charge is 2.12. The number of aryl methyl sites for hydroxylation is 1. The molecule has 0 atom stereocenters. The number of hydrogen-bond acceptors (Lipinski definition) is 3. The molecule has 0 saturated carbocycles. The molecule has 0 amide bonds. The second-order valence-electron chi connectivity index (χ2n) is 6.33. The maximum Gasteiger partial charge on any atom is 0.190 e. The lowest BCUT2D eigenvalue weighted by Gasteiger charge is -2.30. The third kappa shape index (κ3) is 8.02. The van der Waals surface area contributed by atoms with Gasteiger partial charge in [-0.2, -0.15) is 5.10 Å². The van der Waals surface area contributed by atoms with E-state index in [4.69, 9.17) is 0 Å². The fourth-order valence-corrected chi connectivity index (χ4v) is 2.68. The van der Waals surface area contributed by atoms with E-state index in [1.807, 2.05) is 30.2 Å². The minimum absolute atomic E-state index is 0.592. The van der Waals surface area contributed by atoms with Crippen molar-refractivity contribution in [3.05, 3.63) is 18.5 Å². The molecule has 6 nitrogen and oxygen atoms in total. The summed E-state index contributed by atoms with van der Waals surface area (Å²) in [6, 6.07) is 3.13. The number of guanidine groups is 1. The van der Waals surface area contributed by atoms with Crippen molar-refractivity contribution in [1.29, 1.82) is 0 Å². The predicted octanol–water partition coefficient (Wildman–Crippen LogP) is 1.95. The van der Waals surface area contributed by atoms with Crippen LogP contribution in [0, 0.1) is 0 Å². The molecule has 6 heteroatoms. The Hall–Kier alpha value is -1.56. The number of aromatic nitrogens is 2. The maximum absolute atomic E-state index is 4.27. The highest BCUT2D eigenvalue weighted by molar-refractivity contribution is 5.79. The highest BCUT2D eigenvalue weighted by Crippen LogP contribution is 2.05. The Morgan fingerprint density at radius 2 is 1.78 bits per heavy atom. The molecule has 0 aliphatic rings. The molecule has 1 aromatic rings. The lowest BCUT2D eigenvalue weighted by molar-refractivity contribution is 0.173. The van der Waals surface area contributed by atoms with E-state index in [0.29, 0.717) is 12.1 Å². The molecule has 0 unspecified atom stereocenters. The van der Waals surface area contributed by atoms with Gasteiger partial charge in [0.2, 0.25) is 0 Å². The fraction of sp³-hybridized carbons (Fsp3) is 0.765. The zero-order valence-corrected chi connectivity index (χ0v) is 15.4. The Labute approximate surface area is 141 Å². The SMILES string of the molecule is CN=C(NCCCN(C(C)C)C(C)C)NCCCn1cccn1. The van der Waals surface area contributed by atoms with Crippen molar-refractivity contribution >= 4 is 5.96 Å². The second-order valence-corrected chi connectivity index (χ2v) is 6.33. The molecule has 0 aliphatic heterocycles. The van der Waals surface area contributed by atoms with Crippen molar-refractivity contribution in [3.8, 4) is 0 Å². The lowest BCUT2D eigenvalue weighted by atomic mass is 10.2. The molecule has 132 valence electrons. The maximum atomic E-state index is 4.27. The summed E-state index contributed by atoms with van der Waals surface area (Å²) < 4.78 is 1.95. The molecule has 0 aromatic carbocycles. The van der Waals surface area contributed by atoms with Crippen LogP contribution in [0.1, 0.15) is 40.5 Å². The van der Waals surface area contributed by atoms with Gasteiger partial charge in [-0.25, -0.2) is 0 Å². The van der Waals surface area contributed by atoms with E-state index in [1.54, 1.807) is 0 Å². The van der Waals surface area contributed by atoms with Gasteiger partial charge in [0.1, 0.15) is 0 Å². The van der Waals surface area contributed by atoms with Crippen molar-refractivity contribution in [2.45, 2.75) is 59.2 Å². The molecule has 0 saturated heterocycles. The number of nitrogens with zero attached hydrogens (tertiary/aromatic N) is 4. The molecule has 1 heterocycles. The molecular weight excluding hydrogens is 288 g/mol. The van der Waals surface area contributed by atoms with E-state index in [9.17, 15) is 0 Å². The van der Waals surface area contributed by atoms with Gasteiger partial charge in [-0.3, -0.25) is 14.6 Å². The van der Waals surface area contributed by atoms with Gasteiger partial charge in [0.15, 0.2) is 5.96 Å². The van der Waals surface area contributed by atoms with Crippen molar-refractivity contribution in [3.63, 3.8) is 0 Å². The molecule has 2 N–H and O–H groups in total. The zero-order chi connectivity index (χ0) is 17.1. The van der Waals surface area contributed by atoms with Crippen LogP contribution in [-0.4, -0.2) is 59.4 Å². The monoisotopic (exact) mass is 322 g/mol. The highest BCUT2D eigenvalue weighted by atomic mass is 15.3. The van der Waals surface area contributed by atoms with Gasteiger partial charge in [-0.05, 0) is 46.6 Å². The standard InChI is InChI=1S/C17H34N6/c1-15(2)23(16(3)4)14-7-10-20-17(18-5)19-9-6-12-22-13-8-11-21-22/h8,11,13,15-16H,6-7,9-10,12,14H2,1-5H3,(H2,18,19,20). The van der Waals surface area contributed by atoms with Crippen LogP contribution >= 0.6 is 0 Å². The molecule has 1 aromatic heterocycles. The molecule has 0 bridgehead atoms. The predicted molar refractivity (Wildman–Crippen MR) is 97.8 cm³/mol. The molecule has 1 rings (SSSR count). The van der Waals surface area contributed by atoms with E-state index in [2.05, 4.69) is 53.3 Å². The largest absolute Gasteiger partial charge is 0.356 e. The minimum atomic E-state index is 0.592. The zero-order valence-electron chi connectivity index (χ0n) is 15.4. The van der Waals surface area contributed by atoms with Crippen molar-refractivity contribution in [1.82, 2.24) is 25.3 Å². The van der Waals surface area contributed by atoms with Crippen molar-refractivity contribution < 1.29 is 0 Å². The normalized spacial score (nSPS) is 12.4. The van der Waals surface area contributed by atoms with Gasteiger partial charge < -0.3 is 10.6 Å². The summed E-state index contributed by atoms with van der Waals surface area (Å²) in [4.78, 5) is 6.78. The number of aliphatic imine (C=N–C) groups is 1. The van der Waals surface area contributed by atoms with Gasteiger partial charge >= 0.3 is 0 Å². The van der Waals surface area contributed by atoms with E-state index in [-0.39, 0.29) is 0 Å². The molecule has 23 heavy (non-hydrogen) atoms. The van der Waals surface area contributed by atoms with Crippen LogP contribution in [-0.2, 0) is 6.54 Å². The van der Waals surface area contributed by atoms with Gasteiger partial charge in [0, 0.05) is 57.7 Å². The number of hydrogen-bond donors (Lipinski definition) is 2. The average molecular weight is 323 g/mol. The summed E-state index contributed by atoms with van der Waals surface area (Å²) in [6.07, 6.45) is 5.94. The summed E-state index contributed by atoms with van der Waals surface area (Å²) in [5.74, 6) is 0.881. The van der Waals surface area contributed by atoms with Crippen LogP contribution in [0.2, 0.25) is 0 Å². The van der Waals surface area contributed by atoms with Crippen LogP contribution in [0.5, 0.6) is 0 Å². The summed E-state index contributed by atoms with van der Waals surface area (Å²) in [6.45, 7) is 12.9. The Bertz CT molecular complexity index is 416. The van der Waals surface area contributed by atoms with E-state index in [1.165, 1.54) is 0 Å². The van der Waals surface area contributed by atoms with E-state index < -0.39 is 0 Å². The Balaban J connectivity index is 2.14. The van der Waals surface area contributed by atoms with Crippen molar-refractivity contribution in [2.24, 2.45) is 4.99 Å². The average Bonchev–Trinajstić information content (AvgIpc) is 3.01. The summed E-state index contributed by atoms with van der Waals surface area (Å²) in [7, 11) is 1.82. The van der Waals surface area contributed by atoms with Crippen LogP contribution in [0.4, 0.5) is 0 Å². The molecule has 0 spiro atoms. The first-order valence-electron chi connectivity index (χ1n) is 8.72. The first-order chi connectivity index (χ1) is 11.0. The summed E-state index contributed by atoms with van der Waals surface area (Å²) in [5, 5.41) is 10.9. The number of rotatable bonds is 10. The molecule has 0 radical (unpaired) electrons. The van der Waals surface area contributed by atoms with Crippen LogP contribution in [0.3, 0.4) is 0 Å². The third-order valence-corrected chi connectivity index (χ3v) is 3.85. The van der Waals surface area contributed by atoms with Gasteiger partial charge in [0.05, 0.1) is 0 Å². The van der Waals surface area contributed by atoms with E-state index in [0.717, 1.165) is 45.0 Å². The number of nitrogens with one attached hydrogen (secondary N) is 2. The Kier molecular flexibility index (Phi) is 9.36. The Morgan fingerprint density at radius 1 is 1.13 bits per heavy atom. The third-order valence-electron chi connectivity index (χ3n) is 3.85. The summed E-state index contributed by atoms with van der Waals surface area (Å²) >= 11 is 0. The minimum Gasteiger partial charge on any atom is -0.356 e. The van der Waals surface area contributed by atoms with Crippen LogP contribution in [0.15, 0.2) is 23.5 Å². The molecule has 0 fully saturated rings. The van der Waals surface area contributed by atoms with Crippen LogP contribution < -0.4 is 10.6 Å². The van der Waals surface area contributed by atoms with Crippen molar-refractivity contribution in [2.75, 3.05) is 26.7 Å². The quantitative estimate of drug-likeness (QED) is 0.393. The topological polar surface area (TPSA) is 57.5 Å². The molecular formula is C17H34N6. The first kappa shape index (κ1) is 19.5.